The van der Waals surface area contributed by atoms with E-state index in [1.807, 2.05) is 11.8 Å². The van der Waals surface area contributed by atoms with Gasteiger partial charge in [0.1, 0.15) is 5.60 Å². The van der Waals surface area contributed by atoms with E-state index >= 15 is 0 Å². The molecule has 23 heavy (non-hydrogen) atoms. The minimum absolute atomic E-state index is 0.202. The fourth-order valence-electron chi connectivity index (χ4n) is 2.34. The van der Waals surface area contributed by atoms with Gasteiger partial charge in [0.15, 0.2) is 0 Å². The zero-order valence-electron chi connectivity index (χ0n) is 14.3. The summed E-state index contributed by atoms with van der Waals surface area (Å²) in [7, 11) is 0. The van der Waals surface area contributed by atoms with Gasteiger partial charge in [-0.25, -0.2) is 0 Å². The molecule has 138 valence electrons. The molecule has 1 saturated heterocycles. The Balaban J connectivity index is 2.28. The highest BCUT2D eigenvalue weighted by atomic mass is 32.2. The maximum Gasteiger partial charge on any atom is 0.209 e. The van der Waals surface area contributed by atoms with Crippen molar-refractivity contribution in [3.05, 3.63) is 0 Å². The van der Waals surface area contributed by atoms with E-state index in [0.29, 0.717) is 13.0 Å². The lowest BCUT2D eigenvalue weighted by molar-refractivity contribution is -0.289. The molecule has 6 nitrogen and oxygen atoms in total. The molecule has 1 aliphatic heterocycles. The van der Waals surface area contributed by atoms with Crippen molar-refractivity contribution < 1.29 is 29.5 Å². The van der Waals surface area contributed by atoms with Crippen LogP contribution in [0.5, 0.6) is 0 Å². The summed E-state index contributed by atoms with van der Waals surface area (Å²) in [6.07, 6.45) is 1.39. The number of rotatable bonds is 11. The van der Waals surface area contributed by atoms with Crippen molar-refractivity contribution in [2.75, 3.05) is 37.9 Å². The van der Waals surface area contributed by atoms with Crippen molar-refractivity contribution in [2.45, 2.75) is 57.7 Å². The van der Waals surface area contributed by atoms with Crippen LogP contribution < -0.4 is 0 Å². The second kappa shape index (κ2) is 11.6. The van der Waals surface area contributed by atoms with E-state index in [0.717, 1.165) is 23.8 Å². The summed E-state index contributed by atoms with van der Waals surface area (Å²) in [6, 6.07) is 0. The van der Waals surface area contributed by atoms with Crippen molar-refractivity contribution in [2.24, 2.45) is 5.92 Å². The van der Waals surface area contributed by atoms with Gasteiger partial charge in [-0.3, -0.25) is 0 Å². The molecule has 2 unspecified atom stereocenters. The Kier molecular flexibility index (Phi) is 10.7. The summed E-state index contributed by atoms with van der Waals surface area (Å²) < 4.78 is 16.3. The number of hydrogen-bond donors (Lipinski definition) is 3. The molecule has 0 aromatic heterocycles. The summed E-state index contributed by atoms with van der Waals surface area (Å²) in [5.74, 6) is 2.93. The van der Waals surface area contributed by atoms with Crippen LogP contribution >= 0.6 is 11.8 Å². The Morgan fingerprint density at radius 2 is 1.96 bits per heavy atom. The van der Waals surface area contributed by atoms with E-state index in [-0.39, 0.29) is 19.8 Å². The van der Waals surface area contributed by atoms with E-state index in [9.17, 15) is 15.3 Å². The third-order valence-electron chi connectivity index (χ3n) is 4.24. The maximum atomic E-state index is 9.87. The van der Waals surface area contributed by atoms with Crippen LogP contribution in [-0.4, -0.2) is 71.4 Å². The van der Waals surface area contributed by atoms with Crippen LogP contribution in [0.3, 0.4) is 0 Å². The summed E-state index contributed by atoms with van der Waals surface area (Å²) >= 11 is 1.92. The smallest absolute Gasteiger partial charge is 0.209 e. The number of hydrogen-bond acceptors (Lipinski definition) is 7. The highest BCUT2D eigenvalue weighted by molar-refractivity contribution is 7.99. The summed E-state index contributed by atoms with van der Waals surface area (Å²) in [5, 5.41) is 28.7. The standard InChI is InChI=1S/C16H32O6S/c1-3-13(4-2)10-23-9-5-7-21-15-14(19)20-8-6-16(11-17,12-18)22-15/h13-15,17-19H,3-12H2,1-2H3. The molecule has 0 aromatic carbocycles. The first-order valence-electron chi connectivity index (χ1n) is 8.49. The van der Waals surface area contributed by atoms with Crippen molar-refractivity contribution in [3.63, 3.8) is 0 Å². The molecule has 0 saturated carbocycles. The molecule has 0 radical (unpaired) electrons. The van der Waals surface area contributed by atoms with Crippen LogP contribution in [0.4, 0.5) is 0 Å². The average Bonchev–Trinajstić information content (AvgIpc) is 2.74. The highest BCUT2D eigenvalue weighted by Gasteiger charge is 2.39. The Morgan fingerprint density at radius 3 is 2.57 bits per heavy atom. The quantitative estimate of drug-likeness (QED) is 0.484. The van der Waals surface area contributed by atoms with Gasteiger partial charge in [-0.05, 0) is 23.8 Å². The van der Waals surface area contributed by atoms with Crippen molar-refractivity contribution >= 4 is 11.8 Å². The molecule has 0 aromatic rings. The van der Waals surface area contributed by atoms with Gasteiger partial charge < -0.3 is 29.5 Å². The lowest BCUT2D eigenvalue weighted by atomic mass is 10.0. The Labute approximate surface area is 143 Å². The predicted octanol–water partition coefficient (Wildman–Crippen LogP) is 1.37. The number of thioether (sulfide) groups is 1. The van der Waals surface area contributed by atoms with Gasteiger partial charge in [0.25, 0.3) is 0 Å². The summed E-state index contributed by atoms with van der Waals surface area (Å²) in [5.41, 5.74) is -1.12. The second-order valence-electron chi connectivity index (χ2n) is 5.98. The molecule has 2 atom stereocenters. The normalized spacial score (nSPS) is 24.8. The first-order chi connectivity index (χ1) is 11.1. The van der Waals surface area contributed by atoms with Crippen LogP contribution in [0.25, 0.3) is 0 Å². The van der Waals surface area contributed by atoms with Gasteiger partial charge >= 0.3 is 0 Å². The number of ether oxygens (including phenoxy) is 3. The minimum atomic E-state index is -1.20. The molecule has 3 N–H and O–H groups in total. The predicted molar refractivity (Wildman–Crippen MR) is 90.3 cm³/mol. The highest BCUT2D eigenvalue weighted by Crippen LogP contribution is 2.24. The molecule has 1 heterocycles. The Hall–Kier alpha value is 0.110. The molecule has 1 fully saturated rings. The van der Waals surface area contributed by atoms with Crippen LogP contribution in [-0.2, 0) is 14.2 Å². The average molecular weight is 352 g/mol. The molecule has 1 rings (SSSR count). The molecule has 0 spiro atoms. The topological polar surface area (TPSA) is 88.4 Å². The van der Waals surface area contributed by atoms with E-state index in [1.54, 1.807) is 0 Å². The first-order valence-corrected chi connectivity index (χ1v) is 9.64. The maximum absolute atomic E-state index is 9.87. The second-order valence-corrected chi connectivity index (χ2v) is 7.13. The molecule has 0 bridgehead atoms. The van der Waals surface area contributed by atoms with Gasteiger partial charge in [-0.15, -0.1) is 0 Å². The molecule has 7 heteroatoms. The van der Waals surface area contributed by atoms with Gasteiger partial charge in [0, 0.05) is 6.42 Å². The summed E-state index contributed by atoms with van der Waals surface area (Å²) in [4.78, 5) is 0. The van der Waals surface area contributed by atoms with Crippen molar-refractivity contribution in [1.82, 2.24) is 0 Å². The van der Waals surface area contributed by atoms with Crippen molar-refractivity contribution in [3.8, 4) is 0 Å². The fraction of sp³-hybridized carbons (Fsp3) is 1.00. The SMILES string of the molecule is CCC(CC)CSCCCOC1OC(CO)(CO)CCOC1O. The molecular formula is C16H32O6S. The third kappa shape index (κ3) is 7.25. The lowest BCUT2D eigenvalue weighted by Gasteiger charge is -2.31. The van der Waals surface area contributed by atoms with Gasteiger partial charge in [0.2, 0.25) is 12.6 Å². The third-order valence-corrected chi connectivity index (χ3v) is 5.53. The van der Waals surface area contributed by atoms with E-state index in [4.69, 9.17) is 14.2 Å². The largest absolute Gasteiger partial charge is 0.393 e. The van der Waals surface area contributed by atoms with E-state index < -0.39 is 18.2 Å². The van der Waals surface area contributed by atoms with Crippen LogP contribution in [0.15, 0.2) is 0 Å². The van der Waals surface area contributed by atoms with Crippen LogP contribution in [0, 0.1) is 5.92 Å². The summed E-state index contributed by atoms with van der Waals surface area (Å²) in [6.45, 7) is 4.39. The van der Waals surface area contributed by atoms with Gasteiger partial charge in [0.05, 0.1) is 26.4 Å². The zero-order chi connectivity index (χ0) is 17.1. The van der Waals surface area contributed by atoms with Crippen LogP contribution in [0.2, 0.25) is 0 Å². The fourth-order valence-corrected chi connectivity index (χ4v) is 3.63. The molecule has 1 aliphatic rings. The van der Waals surface area contributed by atoms with Crippen molar-refractivity contribution in [1.29, 1.82) is 0 Å². The van der Waals surface area contributed by atoms with Gasteiger partial charge in [-0.2, -0.15) is 11.8 Å². The van der Waals surface area contributed by atoms with Crippen LogP contribution in [0.1, 0.15) is 39.5 Å². The zero-order valence-corrected chi connectivity index (χ0v) is 15.1. The molecule has 0 aliphatic carbocycles. The monoisotopic (exact) mass is 352 g/mol. The van der Waals surface area contributed by atoms with E-state index in [2.05, 4.69) is 13.8 Å². The number of aliphatic hydroxyl groups is 3. The molecule has 0 amide bonds. The molecular weight excluding hydrogens is 320 g/mol. The first kappa shape index (κ1) is 21.2. The van der Waals surface area contributed by atoms with E-state index in [1.165, 1.54) is 12.8 Å². The Morgan fingerprint density at radius 1 is 1.26 bits per heavy atom. The Bertz CT molecular complexity index is 296. The van der Waals surface area contributed by atoms with Gasteiger partial charge in [-0.1, -0.05) is 26.7 Å². The number of aliphatic hydroxyl groups excluding tert-OH is 3. The minimum Gasteiger partial charge on any atom is -0.393 e. The lowest BCUT2D eigenvalue weighted by Crippen LogP contribution is -2.46.